The molecule has 6 heteroatoms. The van der Waals surface area contributed by atoms with Crippen molar-refractivity contribution in [1.29, 1.82) is 0 Å². The fourth-order valence-electron chi connectivity index (χ4n) is 1.68. The Morgan fingerprint density at radius 2 is 1.94 bits per heavy atom. The van der Waals surface area contributed by atoms with E-state index in [0.29, 0.717) is 0 Å². The van der Waals surface area contributed by atoms with Crippen LogP contribution in [0.4, 0.5) is 4.79 Å². The Bertz CT molecular complexity index is 292. The minimum Gasteiger partial charge on any atom is -0.481 e. The molecule has 92 valence electrons. The van der Waals surface area contributed by atoms with Crippen molar-refractivity contribution in [3.8, 4) is 0 Å². The number of rotatable bonds is 3. The summed E-state index contributed by atoms with van der Waals surface area (Å²) in [7, 11) is 1.59. The normalized spacial score (nSPS) is 16.9. The quantitative estimate of drug-likeness (QED) is 0.705. The molecule has 1 heterocycles. The predicted octanol–water partition coefficient (Wildman–Crippen LogP) is -0.175. The Labute approximate surface area is 94.4 Å². The molecule has 0 aliphatic carbocycles. The van der Waals surface area contributed by atoms with Crippen LogP contribution in [0.25, 0.3) is 0 Å². The Morgan fingerprint density at radius 3 is 2.31 bits per heavy atom. The Hall–Kier alpha value is -1.30. The van der Waals surface area contributed by atoms with E-state index in [0.717, 1.165) is 0 Å². The lowest BCUT2D eigenvalue weighted by Gasteiger charge is -2.40. The van der Waals surface area contributed by atoms with E-state index in [-0.39, 0.29) is 25.7 Å². The number of likely N-dealkylation sites (tertiary alicyclic amines) is 1. The lowest BCUT2D eigenvalue weighted by molar-refractivity contribution is -0.146. The fourth-order valence-corrected chi connectivity index (χ4v) is 1.68. The van der Waals surface area contributed by atoms with E-state index < -0.39 is 17.5 Å². The summed E-state index contributed by atoms with van der Waals surface area (Å²) >= 11 is 0. The van der Waals surface area contributed by atoms with E-state index in [9.17, 15) is 14.7 Å². The maximum absolute atomic E-state index is 11.7. The van der Waals surface area contributed by atoms with Gasteiger partial charge in [0.1, 0.15) is 0 Å². The molecule has 2 N–H and O–H groups in total. The highest BCUT2D eigenvalue weighted by Gasteiger charge is 2.37. The van der Waals surface area contributed by atoms with Gasteiger partial charge >= 0.3 is 12.0 Å². The smallest absolute Gasteiger partial charge is 0.319 e. The molecule has 2 amide bonds. The van der Waals surface area contributed by atoms with Crippen LogP contribution in [0.15, 0.2) is 0 Å². The number of carboxylic acids is 1. The number of aliphatic carboxylic acids is 1. The van der Waals surface area contributed by atoms with Crippen molar-refractivity contribution in [3.63, 3.8) is 0 Å². The number of amides is 2. The average Bonchev–Trinajstić information content (AvgIpc) is 1.96. The number of likely N-dealkylation sites (N-methyl/N-ethyl adjacent to an activating group) is 1. The molecule has 0 bridgehead atoms. The molecule has 1 saturated heterocycles. The number of urea groups is 1. The summed E-state index contributed by atoms with van der Waals surface area (Å²) < 4.78 is 0. The summed E-state index contributed by atoms with van der Waals surface area (Å²) in [5, 5.41) is 18.2. The highest BCUT2D eigenvalue weighted by molar-refractivity contribution is 5.79. The Balaban J connectivity index is 2.40. The third-order valence-corrected chi connectivity index (χ3v) is 2.45. The number of hydrogen-bond acceptors (Lipinski definition) is 3. The second-order valence-corrected chi connectivity index (χ2v) is 4.89. The van der Waals surface area contributed by atoms with Gasteiger partial charge in [0.15, 0.2) is 0 Å². The summed E-state index contributed by atoms with van der Waals surface area (Å²) in [6, 6.07) is -0.236. The molecule has 0 aromatic carbocycles. The van der Waals surface area contributed by atoms with Crippen molar-refractivity contribution in [1.82, 2.24) is 9.80 Å². The second kappa shape index (κ2) is 4.29. The van der Waals surface area contributed by atoms with E-state index >= 15 is 0 Å². The van der Waals surface area contributed by atoms with Gasteiger partial charge in [-0.25, -0.2) is 4.79 Å². The van der Waals surface area contributed by atoms with Crippen LogP contribution in [0.3, 0.4) is 0 Å². The number of carbonyl (C=O) groups is 2. The van der Waals surface area contributed by atoms with Gasteiger partial charge in [-0.05, 0) is 13.8 Å². The highest BCUT2D eigenvalue weighted by atomic mass is 16.4. The molecule has 1 fully saturated rings. The lowest BCUT2D eigenvalue weighted by Crippen LogP contribution is -2.57. The number of carbonyl (C=O) groups excluding carboxylic acids is 1. The van der Waals surface area contributed by atoms with Gasteiger partial charge in [-0.3, -0.25) is 4.79 Å². The van der Waals surface area contributed by atoms with Crippen LogP contribution < -0.4 is 0 Å². The summed E-state index contributed by atoms with van der Waals surface area (Å²) in [4.78, 5) is 25.1. The first-order chi connectivity index (χ1) is 7.20. The summed E-state index contributed by atoms with van der Waals surface area (Å²) in [6.45, 7) is 3.97. The highest BCUT2D eigenvalue weighted by Crippen LogP contribution is 2.17. The molecule has 0 atom stereocenters. The van der Waals surface area contributed by atoms with Crippen LogP contribution in [0.1, 0.15) is 13.8 Å². The van der Waals surface area contributed by atoms with Gasteiger partial charge in [-0.1, -0.05) is 0 Å². The van der Waals surface area contributed by atoms with Crippen LogP contribution in [0.2, 0.25) is 0 Å². The molecule has 6 nitrogen and oxygen atoms in total. The van der Waals surface area contributed by atoms with E-state index in [1.54, 1.807) is 20.9 Å². The molecule has 0 aromatic rings. The molecule has 1 rings (SSSR count). The van der Waals surface area contributed by atoms with Gasteiger partial charge in [-0.2, -0.15) is 0 Å². The van der Waals surface area contributed by atoms with Crippen molar-refractivity contribution >= 4 is 12.0 Å². The topological polar surface area (TPSA) is 81.1 Å². The summed E-state index contributed by atoms with van der Waals surface area (Å²) in [6.07, 6.45) is 0. The molecule has 0 saturated carbocycles. The maximum Gasteiger partial charge on any atom is 0.319 e. The molecule has 16 heavy (non-hydrogen) atoms. The monoisotopic (exact) mass is 230 g/mol. The van der Waals surface area contributed by atoms with Crippen LogP contribution in [0, 0.1) is 5.92 Å². The van der Waals surface area contributed by atoms with E-state index in [2.05, 4.69) is 0 Å². The second-order valence-electron chi connectivity index (χ2n) is 4.89. The van der Waals surface area contributed by atoms with Gasteiger partial charge in [0.05, 0.1) is 18.1 Å². The van der Waals surface area contributed by atoms with Crippen LogP contribution in [0.5, 0.6) is 0 Å². The van der Waals surface area contributed by atoms with E-state index in [4.69, 9.17) is 5.11 Å². The van der Waals surface area contributed by atoms with Crippen molar-refractivity contribution in [2.75, 3.05) is 26.7 Å². The molecule has 1 aliphatic heterocycles. The summed E-state index contributed by atoms with van der Waals surface area (Å²) in [5.74, 6) is -1.31. The van der Waals surface area contributed by atoms with E-state index in [1.165, 1.54) is 9.80 Å². The largest absolute Gasteiger partial charge is 0.481 e. The number of aliphatic hydroxyl groups is 1. The molecular formula is C10H18N2O4. The SMILES string of the molecule is CN(CC(C)(C)O)C(=O)N1CC(C(=O)O)C1. The number of carboxylic acid groups (broad SMARTS) is 1. The maximum atomic E-state index is 11.7. The molecule has 0 unspecified atom stereocenters. The lowest BCUT2D eigenvalue weighted by atomic mass is 10.0. The van der Waals surface area contributed by atoms with Crippen molar-refractivity contribution in [2.24, 2.45) is 5.92 Å². The summed E-state index contributed by atoms with van der Waals surface area (Å²) in [5.41, 5.74) is -0.943. The van der Waals surface area contributed by atoms with Gasteiger partial charge < -0.3 is 20.0 Å². The Morgan fingerprint density at radius 1 is 1.44 bits per heavy atom. The fraction of sp³-hybridized carbons (Fsp3) is 0.800. The van der Waals surface area contributed by atoms with Crippen LogP contribution >= 0.6 is 0 Å². The molecular weight excluding hydrogens is 212 g/mol. The third-order valence-electron chi connectivity index (χ3n) is 2.45. The minimum absolute atomic E-state index is 0.222. The van der Waals surface area contributed by atoms with Crippen LogP contribution in [-0.4, -0.2) is 64.3 Å². The first kappa shape index (κ1) is 12.8. The zero-order valence-corrected chi connectivity index (χ0v) is 9.80. The van der Waals surface area contributed by atoms with Gasteiger partial charge in [0.25, 0.3) is 0 Å². The van der Waals surface area contributed by atoms with Crippen molar-refractivity contribution < 1.29 is 19.8 Å². The number of nitrogens with zero attached hydrogens (tertiary/aromatic N) is 2. The third kappa shape index (κ3) is 3.10. The first-order valence-corrected chi connectivity index (χ1v) is 5.16. The zero-order valence-electron chi connectivity index (χ0n) is 9.80. The van der Waals surface area contributed by atoms with Gasteiger partial charge in [0, 0.05) is 20.1 Å². The van der Waals surface area contributed by atoms with Crippen molar-refractivity contribution in [2.45, 2.75) is 19.4 Å². The minimum atomic E-state index is -0.943. The van der Waals surface area contributed by atoms with Gasteiger partial charge in [0.2, 0.25) is 0 Å². The van der Waals surface area contributed by atoms with Crippen LogP contribution in [-0.2, 0) is 4.79 Å². The van der Waals surface area contributed by atoms with E-state index in [1.807, 2.05) is 0 Å². The Kier molecular flexibility index (Phi) is 3.42. The standard InChI is InChI=1S/C10H18N2O4/c1-10(2,16)6-11(3)9(15)12-4-7(5-12)8(13)14/h7,16H,4-6H2,1-3H3,(H,13,14). The average molecular weight is 230 g/mol. The first-order valence-electron chi connectivity index (χ1n) is 5.16. The number of hydrogen-bond donors (Lipinski definition) is 2. The van der Waals surface area contributed by atoms with Crippen molar-refractivity contribution in [3.05, 3.63) is 0 Å². The predicted molar refractivity (Wildman–Crippen MR) is 57.0 cm³/mol. The molecule has 1 aliphatic rings. The molecule has 0 radical (unpaired) electrons. The molecule has 0 spiro atoms. The molecule has 0 aromatic heterocycles. The zero-order chi connectivity index (χ0) is 12.5. The van der Waals surface area contributed by atoms with Gasteiger partial charge in [-0.15, -0.1) is 0 Å².